The molecule has 0 aliphatic rings. The van der Waals surface area contributed by atoms with E-state index in [0.29, 0.717) is 22.7 Å². The van der Waals surface area contributed by atoms with Gasteiger partial charge in [-0.1, -0.05) is 24.3 Å². The molecule has 0 aliphatic heterocycles. The van der Waals surface area contributed by atoms with Crippen LogP contribution in [0, 0.1) is 13.8 Å². The van der Waals surface area contributed by atoms with E-state index in [-0.39, 0.29) is 12.5 Å². The van der Waals surface area contributed by atoms with Crippen molar-refractivity contribution in [1.29, 1.82) is 0 Å². The Kier molecular flexibility index (Phi) is 8.83. The molecule has 0 fully saturated rings. The van der Waals surface area contributed by atoms with Crippen molar-refractivity contribution in [3.63, 3.8) is 0 Å². The standard InChI is InChI=1S/C24H28N2O6/c1-15-7-6-8-16(2)23(15)26-21(27)14-25-24(29)17(3)32-22(28)12-10-18-9-11-19(30-4)20(13-18)31-5/h6-13,17H,14H2,1-5H3,(H,25,29)(H,26,27)/b12-10+. The van der Waals surface area contributed by atoms with Crippen molar-refractivity contribution in [2.75, 3.05) is 26.1 Å². The summed E-state index contributed by atoms with van der Waals surface area (Å²) in [5.74, 6) is -0.548. The molecule has 1 unspecified atom stereocenters. The zero-order valence-corrected chi connectivity index (χ0v) is 18.9. The molecule has 1 atom stereocenters. The first-order valence-electron chi connectivity index (χ1n) is 9.99. The first kappa shape index (κ1) is 24.5. The quantitative estimate of drug-likeness (QED) is 0.459. The van der Waals surface area contributed by atoms with Crippen molar-refractivity contribution in [3.8, 4) is 11.5 Å². The molecule has 2 N–H and O–H groups in total. The number of hydrogen-bond donors (Lipinski definition) is 2. The lowest BCUT2D eigenvalue weighted by Gasteiger charge is -2.14. The number of carbonyl (C=O) groups excluding carboxylic acids is 3. The number of ether oxygens (including phenoxy) is 3. The molecule has 0 aromatic heterocycles. The summed E-state index contributed by atoms with van der Waals surface area (Å²) in [5.41, 5.74) is 3.26. The van der Waals surface area contributed by atoms with E-state index in [1.54, 1.807) is 18.2 Å². The van der Waals surface area contributed by atoms with Gasteiger partial charge >= 0.3 is 5.97 Å². The number of para-hydroxylation sites is 1. The molecule has 0 saturated carbocycles. The van der Waals surface area contributed by atoms with Crippen LogP contribution in [-0.4, -0.2) is 44.7 Å². The van der Waals surface area contributed by atoms with Crippen LogP contribution in [0.3, 0.4) is 0 Å². The molecule has 2 rings (SSSR count). The number of benzene rings is 2. The summed E-state index contributed by atoms with van der Waals surface area (Å²) in [7, 11) is 3.05. The van der Waals surface area contributed by atoms with Crippen molar-refractivity contribution in [2.24, 2.45) is 0 Å². The lowest BCUT2D eigenvalue weighted by atomic mass is 10.1. The Hall–Kier alpha value is -3.81. The van der Waals surface area contributed by atoms with Gasteiger partial charge in [0.05, 0.1) is 20.8 Å². The average Bonchev–Trinajstić information content (AvgIpc) is 2.78. The third kappa shape index (κ3) is 6.87. The summed E-state index contributed by atoms with van der Waals surface area (Å²) in [6.07, 6.45) is 1.68. The van der Waals surface area contributed by atoms with E-state index < -0.39 is 18.0 Å². The number of esters is 1. The van der Waals surface area contributed by atoms with E-state index in [0.717, 1.165) is 11.1 Å². The fourth-order valence-electron chi connectivity index (χ4n) is 2.89. The number of aryl methyl sites for hydroxylation is 2. The molecule has 8 heteroatoms. The van der Waals surface area contributed by atoms with Gasteiger partial charge in [-0.15, -0.1) is 0 Å². The molecular weight excluding hydrogens is 412 g/mol. The van der Waals surface area contributed by atoms with Gasteiger partial charge in [-0.05, 0) is 55.7 Å². The van der Waals surface area contributed by atoms with Crippen molar-refractivity contribution < 1.29 is 28.6 Å². The molecular formula is C24H28N2O6. The third-order valence-corrected chi connectivity index (χ3v) is 4.65. The first-order valence-corrected chi connectivity index (χ1v) is 9.99. The van der Waals surface area contributed by atoms with Gasteiger partial charge in [-0.25, -0.2) is 4.79 Å². The highest BCUT2D eigenvalue weighted by Gasteiger charge is 2.17. The fraction of sp³-hybridized carbons (Fsp3) is 0.292. The summed E-state index contributed by atoms with van der Waals surface area (Å²) in [5, 5.41) is 5.24. The second kappa shape index (κ2) is 11.5. The van der Waals surface area contributed by atoms with Crippen LogP contribution < -0.4 is 20.1 Å². The van der Waals surface area contributed by atoms with Gasteiger partial charge in [0.2, 0.25) is 5.91 Å². The maximum Gasteiger partial charge on any atom is 0.331 e. The molecule has 2 aromatic carbocycles. The summed E-state index contributed by atoms with van der Waals surface area (Å²) in [4.78, 5) is 36.4. The van der Waals surface area contributed by atoms with E-state index in [9.17, 15) is 14.4 Å². The van der Waals surface area contributed by atoms with Crippen LogP contribution >= 0.6 is 0 Å². The molecule has 0 spiro atoms. The second-order valence-corrected chi connectivity index (χ2v) is 7.06. The van der Waals surface area contributed by atoms with Crippen LogP contribution in [0.15, 0.2) is 42.5 Å². The van der Waals surface area contributed by atoms with E-state index in [2.05, 4.69) is 10.6 Å². The maximum absolute atomic E-state index is 12.2. The lowest BCUT2D eigenvalue weighted by molar-refractivity contribution is -0.150. The number of carbonyl (C=O) groups is 3. The van der Waals surface area contributed by atoms with E-state index in [1.165, 1.54) is 33.3 Å². The van der Waals surface area contributed by atoms with Crippen LogP contribution in [0.4, 0.5) is 5.69 Å². The van der Waals surface area contributed by atoms with Crippen LogP contribution in [0.25, 0.3) is 6.08 Å². The van der Waals surface area contributed by atoms with E-state index in [1.807, 2.05) is 32.0 Å². The first-order chi connectivity index (χ1) is 15.2. The Bertz CT molecular complexity index is 995. The predicted octanol–water partition coefficient (Wildman–Crippen LogP) is 3.02. The monoisotopic (exact) mass is 440 g/mol. The molecule has 2 aromatic rings. The van der Waals surface area contributed by atoms with Gasteiger partial charge in [-0.2, -0.15) is 0 Å². The zero-order chi connectivity index (χ0) is 23.7. The van der Waals surface area contributed by atoms with Gasteiger partial charge in [0, 0.05) is 11.8 Å². The van der Waals surface area contributed by atoms with Crippen LogP contribution in [0.1, 0.15) is 23.6 Å². The normalized spacial score (nSPS) is 11.5. The molecule has 0 saturated heterocycles. The topological polar surface area (TPSA) is 103 Å². The predicted molar refractivity (Wildman–Crippen MR) is 122 cm³/mol. The Morgan fingerprint density at radius 2 is 1.66 bits per heavy atom. The van der Waals surface area contributed by atoms with Crippen molar-refractivity contribution in [2.45, 2.75) is 26.9 Å². The summed E-state index contributed by atoms with van der Waals surface area (Å²) in [6.45, 7) is 4.97. The number of anilines is 1. The maximum atomic E-state index is 12.2. The van der Waals surface area contributed by atoms with Gasteiger partial charge in [0.25, 0.3) is 5.91 Å². The zero-order valence-electron chi connectivity index (χ0n) is 18.9. The highest BCUT2D eigenvalue weighted by Crippen LogP contribution is 2.28. The van der Waals surface area contributed by atoms with Gasteiger partial charge in [0.15, 0.2) is 17.6 Å². The Morgan fingerprint density at radius 3 is 2.28 bits per heavy atom. The lowest BCUT2D eigenvalue weighted by Crippen LogP contribution is -2.40. The minimum Gasteiger partial charge on any atom is -0.493 e. The van der Waals surface area contributed by atoms with Crippen molar-refractivity contribution >= 4 is 29.5 Å². The highest BCUT2D eigenvalue weighted by molar-refractivity contribution is 5.96. The summed E-state index contributed by atoms with van der Waals surface area (Å²) < 4.78 is 15.5. The van der Waals surface area contributed by atoms with Crippen LogP contribution in [0.5, 0.6) is 11.5 Å². The smallest absolute Gasteiger partial charge is 0.331 e. The molecule has 0 heterocycles. The highest BCUT2D eigenvalue weighted by atomic mass is 16.5. The van der Waals surface area contributed by atoms with Crippen molar-refractivity contribution in [1.82, 2.24) is 5.32 Å². The van der Waals surface area contributed by atoms with Crippen molar-refractivity contribution in [3.05, 3.63) is 59.2 Å². The van der Waals surface area contributed by atoms with E-state index in [4.69, 9.17) is 14.2 Å². The fourth-order valence-corrected chi connectivity index (χ4v) is 2.89. The van der Waals surface area contributed by atoms with E-state index >= 15 is 0 Å². The third-order valence-electron chi connectivity index (χ3n) is 4.65. The number of nitrogens with one attached hydrogen (secondary N) is 2. The summed E-state index contributed by atoms with van der Waals surface area (Å²) in [6, 6.07) is 10.8. The molecule has 32 heavy (non-hydrogen) atoms. The Balaban J connectivity index is 1.84. The van der Waals surface area contributed by atoms with Gasteiger partial charge < -0.3 is 24.8 Å². The Morgan fingerprint density at radius 1 is 1.00 bits per heavy atom. The number of hydrogen-bond acceptors (Lipinski definition) is 6. The SMILES string of the molecule is COc1ccc(/C=C/C(=O)OC(C)C(=O)NCC(=O)Nc2c(C)cccc2C)cc1OC. The molecule has 8 nitrogen and oxygen atoms in total. The average molecular weight is 440 g/mol. The number of methoxy groups -OCH3 is 2. The molecule has 0 aliphatic carbocycles. The second-order valence-electron chi connectivity index (χ2n) is 7.06. The van der Waals surface area contributed by atoms with Gasteiger partial charge in [-0.3, -0.25) is 9.59 Å². The molecule has 2 amide bonds. The minimum atomic E-state index is -1.06. The number of rotatable bonds is 9. The van der Waals surface area contributed by atoms with Crippen LogP contribution in [0.2, 0.25) is 0 Å². The number of amides is 2. The Labute approximate surface area is 187 Å². The minimum absolute atomic E-state index is 0.240. The summed E-state index contributed by atoms with van der Waals surface area (Å²) >= 11 is 0. The molecule has 0 bridgehead atoms. The molecule has 170 valence electrons. The largest absolute Gasteiger partial charge is 0.493 e. The molecule has 0 radical (unpaired) electrons. The van der Waals surface area contributed by atoms with Gasteiger partial charge in [0.1, 0.15) is 0 Å². The van der Waals surface area contributed by atoms with Crippen LogP contribution in [-0.2, 0) is 19.1 Å².